The molecule has 0 bridgehead atoms. The summed E-state index contributed by atoms with van der Waals surface area (Å²) in [5.74, 6) is 1.06. The Morgan fingerprint density at radius 3 is 2.34 bits per heavy atom. The van der Waals surface area contributed by atoms with E-state index in [-0.39, 0.29) is 11.8 Å². The van der Waals surface area contributed by atoms with Crippen LogP contribution in [0.5, 0.6) is 0 Å². The third-order valence-corrected chi connectivity index (χ3v) is 5.81. The van der Waals surface area contributed by atoms with E-state index in [1.807, 2.05) is 24.4 Å². The van der Waals surface area contributed by atoms with Gasteiger partial charge in [0.05, 0.1) is 5.69 Å². The molecule has 0 aliphatic carbocycles. The van der Waals surface area contributed by atoms with Crippen LogP contribution in [0.15, 0.2) is 54.7 Å². The number of rotatable bonds is 4. The standard InChI is InChI=1S/C23H25ClN4O/c1-16-5-6-17(2)28(16)21-4-3-13-25-22(21)27-14-11-18(12-15-27)23(29)26-20-9-7-19(24)8-10-20/h3-10,13,18H,11-12,14-15H2,1-2H3,(H,26,29). The van der Waals surface area contributed by atoms with Crippen LogP contribution in [0.3, 0.4) is 0 Å². The highest BCUT2D eigenvalue weighted by Gasteiger charge is 2.27. The van der Waals surface area contributed by atoms with E-state index in [1.165, 1.54) is 11.4 Å². The summed E-state index contributed by atoms with van der Waals surface area (Å²) in [5.41, 5.74) is 4.26. The van der Waals surface area contributed by atoms with E-state index in [4.69, 9.17) is 11.6 Å². The first-order chi connectivity index (χ1) is 14.0. The normalized spacial score (nSPS) is 14.8. The van der Waals surface area contributed by atoms with Gasteiger partial charge >= 0.3 is 0 Å². The maximum atomic E-state index is 12.7. The summed E-state index contributed by atoms with van der Waals surface area (Å²) in [4.78, 5) is 19.6. The summed E-state index contributed by atoms with van der Waals surface area (Å²) >= 11 is 5.91. The SMILES string of the molecule is Cc1ccc(C)n1-c1cccnc1N1CCC(C(=O)Nc2ccc(Cl)cc2)CC1. The number of aryl methyl sites for hydroxylation is 2. The third-order valence-electron chi connectivity index (χ3n) is 5.56. The topological polar surface area (TPSA) is 50.2 Å². The number of piperidine rings is 1. The number of nitrogens with zero attached hydrogens (tertiary/aromatic N) is 3. The van der Waals surface area contributed by atoms with Crippen LogP contribution in [0.25, 0.3) is 5.69 Å². The van der Waals surface area contributed by atoms with Gasteiger partial charge in [0, 0.05) is 47.3 Å². The molecule has 150 valence electrons. The summed E-state index contributed by atoms with van der Waals surface area (Å²) in [5, 5.41) is 3.67. The van der Waals surface area contributed by atoms with Crippen molar-refractivity contribution >= 4 is 29.0 Å². The largest absolute Gasteiger partial charge is 0.355 e. The van der Waals surface area contributed by atoms with E-state index in [1.54, 1.807) is 12.1 Å². The molecular formula is C23H25ClN4O. The summed E-state index contributed by atoms with van der Waals surface area (Å²) in [7, 11) is 0. The Morgan fingerprint density at radius 1 is 1.03 bits per heavy atom. The second-order valence-corrected chi connectivity index (χ2v) is 7.99. The van der Waals surface area contributed by atoms with E-state index >= 15 is 0 Å². The minimum Gasteiger partial charge on any atom is -0.355 e. The molecule has 0 atom stereocenters. The first-order valence-electron chi connectivity index (χ1n) is 9.94. The van der Waals surface area contributed by atoms with Crippen molar-refractivity contribution in [3.63, 3.8) is 0 Å². The Kier molecular flexibility index (Phi) is 5.58. The van der Waals surface area contributed by atoms with Crippen LogP contribution < -0.4 is 10.2 Å². The summed E-state index contributed by atoms with van der Waals surface area (Å²) < 4.78 is 2.24. The van der Waals surface area contributed by atoms with Crippen molar-refractivity contribution < 1.29 is 4.79 Å². The van der Waals surface area contributed by atoms with Crippen LogP contribution in [0.2, 0.25) is 5.02 Å². The lowest BCUT2D eigenvalue weighted by Crippen LogP contribution is -2.39. The maximum Gasteiger partial charge on any atom is 0.227 e. The van der Waals surface area contributed by atoms with Gasteiger partial charge in [0.15, 0.2) is 5.82 Å². The molecule has 1 fully saturated rings. The van der Waals surface area contributed by atoms with Crippen LogP contribution in [0.4, 0.5) is 11.5 Å². The molecular weight excluding hydrogens is 384 g/mol. The number of carbonyl (C=O) groups excluding carboxylic acids is 1. The lowest BCUT2D eigenvalue weighted by atomic mass is 9.95. The predicted molar refractivity (Wildman–Crippen MR) is 118 cm³/mol. The molecule has 0 spiro atoms. The van der Waals surface area contributed by atoms with E-state index in [9.17, 15) is 4.79 Å². The molecule has 1 aromatic carbocycles. The number of amides is 1. The molecule has 3 heterocycles. The van der Waals surface area contributed by atoms with Gasteiger partial charge in [-0.25, -0.2) is 4.98 Å². The molecule has 0 saturated carbocycles. The minimum atomic E-state index is 0.00383. The zero-order valence-corrected chi connectivity index (χ0v) is 17.5. The first-order valence-corrected chi connectivity index (χ1v) is 10.3. The summed E-state index contributed by atoms with van der Waals surface area (Å²) in [6.07, 6.45) is 3.45. The average Bonchev–Trinajstić information content (AvgIpc) is 3.08. The van der Waals surface area contributed by atoms with Crippen LogP contribution in [0, 0.1) is 19.8 Å². The van der Waals surface area contributed by atoms with Gasteiger partial charge in [0.1, 0.15) is 0 Å². The molecule has 2 aromatic heterocycles. The number of benzene rings is 1. The Labute approximate surface area is 176 Å². The average molecular weight is 409 g/mol. The first kappa shape index (κ1) is 19.5. The van der Waals surface area contributed by atoms with Crippen LogP contribution in [0.1, 0.15) is 24.2 Å². The number of anilines is 2. The number of hydrogen-bond acceptors (Lipinski definition) is 3. The van der Waals surface area contributed by atoms with Gasteiger partial charge in [0.2, 0.25) is 5.91 Å². The van der Waals surface area contributed by atoms with E-state index in [0.29, 0.717) is 5.02 Å². The van der Waals surface area contributed by atoms with Crippen molar-refractivity contribution in [2.24, 2.45) is 5.92 Å². The van der Waals surface area contributed by atoms with Crippen LogP contribution in [-0.2, 0) is 4.79 Å². The van der Waals surface area contributed by atoms with Crippen molar-refractivity contribution in [1.82, 2.24) is 9.55 Å². The molecule has 6 heteroatoms. The second kappa shape index (κ2) is 8.29. The number of hydrogen-bond donors (Lipinski definition) is 1. The summed E-state index contributed by atoms with van der Waals surface area (Å²) in [6.45, 7) is 5.83. The van der Waals surface area contributed by atoms with Gasteiger partial charge in [-0.15, -0.1) is 0 Å². The van der Waals surface area contributed by atoms with Crippen LogP contribution in [-0.4, -0.2) is 28.5 Å². The second-order valence-electron chi connectivity index (χ2n) is 7.56. The molecule has 0 radical (unpaired) electrons. The fourth-order valence-corrected chi connectivity index (χ4v) is 4.11. The van der Waals surface area contributed by atoms with Crippen LogP contribution >= 0.6 is 11.6 Å². The van der Waals surface area contributed by atoms with Crippen molar-refractivity contribution in [3.8, 4) is 5.69 Å². The van der Waals surface area contributed by atoms with Gasteiger partial charge in [0.25, 0.3) is 0 Å². The number of nitrogens with one attached hydrogen (secondary N) is 1. The molecule has 1 N–H and O–H groups in total. The number of carbonyl (C=O) groups is 1. The monoisotopic (exact) mass is 408 g/mol. The number of aromatic nitrogens is 2. The highest BCUT2D eigenvalue weighted by molar-refractivity contribution is 6.30. The highest BCUT2D eigenvalue weighted by Crippen LogP contribution is 2.29. The lowest BCUT2D eigenvalue weighted by molar-refractivity contribution is -0.120. The highest BCUT2D eigenvalue weighted by atomic mass is 35.5. The van der Waals surface area contributed by atoms with Gasteiger partial charge in [-0.3, -0.25) is 4.79 Å². The van der Waals surface area contributed by atoms with Gasteiger partial charge in [-0.05, 0) is 75.2 Å². The molecule has 1 amide bonds. The predicted octanol–water partition coefficient (Wildman–Crippen LogP) is 5.00. The van der Waals surface area contributed by atoms with Crippen molar-refractivity contribution in [2.75, 3.05) is 23.3 Å². The quantitative estimate of drug-likeness (QED) is 0.661. The molecule has 1 aliphatic heterocycles. The Morgan fingerprint density at radius 2 is 1.69 bits per heavy atom. The molecule has 3 aromatic rings. The Bertz CT molecular complexity index is 984. The maximum absolute atomic E-state index is 12.7. The van der Waals surface area contributed by atoms with Gasteiger partial charge in [-0.1, -0.05) is 11.6 Å². The van der Waals surface area contributed by atoms with Crippen molar-refractivity contribution in [3.05, 3.63) is 71.1 Å². The number of pyridine rings is 1. The zero-order chi connectivity index (χ0) is 20.4. The Balaban J connectivity index is 1.45. The third kappa shape index (κ3) is 4.15. The minimum absolute atomic E-state index is 0.00383. The van der Waals surface area contributed by atoms with Gasteiger partial charge < -0.3 is 14.8 Å². The molecule has 1 saturated heterocycles. The van der Waals surface area contributed by atoms with Crippen molar-refractivity contribution in [1.29, 1.82) is 0 Å². The number of halogens is 1. The van der Waals surface area contributed by atoms with E-state index in [0.717, 1.165) is 43.1 Å². The molecule has 29 heavy (non-hydrogen) atoms. The Hall–Kier alpha value is -2.79. The van der Waals surface area contributed by atoms with Gasteiger partial charge in [-0.2, -0.15) is 0 Å². The zero-order valence-electron chi connectivity index (χ0n) is 16.7. The molecule has 4 rings (SSSR count). The lowest BCUT2D eigenvalue weighted by Gasteiger charge is -2.33. The fourth-order valence-electron chi connectivity index (χ4n) is 3.99. The van der Waals surface area contributed by atoms with Crippen molar-refractivity contribution in [2.45, 2.75) is 26.7 Å². The smallest absolute Gasteiger partial charge is 0.227 e. The summed E-state index contributed by atoms with van der Waals surface area (Å²) in [6, 6.07) is 15.6. The fraction of sp³-hybridized carbons (Fsp3) is 0.304. The molecule has 1 aliphatic rings. The molecule has 5 nitrogen and oxygen atoms in total. The van der Waals surface area contributed by atoms with E-state index in [2.05, 4.69) is 51.8 Å². The molecule has 0 unspecified atom stereocenters. The van der Waals surface area contributed by atoms with E-state index < -0.39 is 0 Å².